The summed E-state index contributed by atoms with van der Waals surface area (Å²) in [6, 6.07) is 8.57. The van der Waals surface area contributed by atoms with Gasteiger partial charge in [-0.1, -0.05) is 12.1 Å². The highest BCUT2D eigenvalue weighted by molar-refractivity contribution is 5.28. The maximum atomic E-state index is 5.66. The summed E-state index contributed by atoms with van der Waals surface area (Å²) >= 11 is 0. The standard InChI is InChI=1S/C14H21NO2/c1-11(14-7-4-8-17-14)15-10-12-5-3-6-13(9-12)16-2/h3,5-6,9,11,14-15H,4,7-8,10H2,1-2H3. The molecular weight excluding hydrogens is 214 g/mol. The first kappa shape index (κ1) is 12.4. The van der Waals surface area contributed by atoms with Crippen LogP contribution >= 0.6 is 0 Å². The fraction of sp³-hybridized carbons (Fsp3) is 0.571. The van der Waals surface area contributed by atoms with Crippen LogP contribution in [0.3, 0.4) is 0 Å². The minimum absolute atomic E-state index is 0.376. The van der Waals surface area contributed by atoms with Gasteiger partial charge in [-0.2, -0.15) is 0 Å². The molecule has 0 bridgehead atoms. The van der Waals surface area contributed by atoms with E-state index in [1.807, 2.05) is 12.1 Å². The van der Waals surface area contributed by atoms with Crippen molar-refractivity contribution in [3.63, 3.8) is 0 Å². The van der Waals surface area contributed by atoms with Crippen molar-refractivity contribution < 1.29 is 9.47 Å². The van der Waals surface area contributed by atoms with E-state index >= 15 is 0 Å². The molecule has 0 aliphatic carbocycles. The van der Waals surface area contributed by atoms with Gasteiger partial charge in [-0.3, -0.25) is 0 Å². The summed E-state index contributed by atoms with van der Waals surface area (Å²) in [6.07, 6.45) is 2.74. The van der Waals surface area contributed by atoms with Gasteiger partial charge in [-0.25, -0.2) is 0 Å². The Morgan fingerprint density at radius 3 is 3.12 bits per heavy atom. The molecule has 1 N–H and O–H groups in total. The lowest BCUT2D eigenvalue weighted by atomic mass is 10.1. The van der Waals surface area contributed by atoms with Crippen molar-refractivity contribution in [1.29, 1.82) is 0 Å². The van der Waals surface area contributed by atoms with Crippen molar-refractivity contribution in [3.8, 4) is 5.75 Å². The number of rotatable bonds is 5. The summed E-state index contributed by atoms with van der Waals surface area (Å²) in [5.74, 6) is 0.911. The molecule has 0 radical (unpaired) electrons. The third-order valence-corrected chi connectivity index (χ3v) is 3.28. The van der Waals surface area contributed by atoms with Gasteiger partial charge in [0.25, 0.3) is 0 Å². The van der Waals surface area contributed by atoms with Crippen LogP contribution < -0.4 is 10.1 Å². The van der Waals surface area contributed by atoms with Gasteiger partial charge in [0.1, 0.15) is 5.75 Å². The van der Waals surface area contributed by atoms with Gasteiger partial charge in [-0.05, 0) is 37.5 Å². The third-order valence-electron chi connectivity index (χ3n) is 3.28. The molecule has 2 atom stereocenters. The van der Waals surface area contributed by atoms with E-state index < -0.39 is 0 Å². The lowest BCUT2D eigenvalue weighted by Crippen LogP contribution is -2.36. The Morgan fingerprint density at radius 2 is 2.41 bits per heavy atom. The van der Waals surface area contributed by atoms with Gasteiger partial charge >= 0.3 is 0 Å². The number of methoxy groups -OCH3 is 1. The second kappa shape index (κ2) is 6.03. The van der Waals surface area contributed by atoms with Crippen LogP contribution in [0, 0.1) is 0 Å². The third kappa shape index (κ3) is 3.45. The highest BCUT2D eigenvalue weighted by Gasteiger charge is 2.21. The molecule has 17 heavy (non-hydrogen) atoms. The minimum Gasteiger partial charge on any atom is -0.497 e. The normalized spacial score (nSPS) is 21.4. The van der Waals surface area contributed by atoms with Gasteiger partial charge in [0.05, 0.1) is 13.2 Å². The van der Waals surface area contributed by atoms with E-state index in [0.717, 1.165) is 18.9 Å². The molecule has 1 aromatic carbocycles. The molecule has 1 aromatic rings. The lowest BCUT2D eigenvalue weighted by molar-refractivity contribution is 0.0832. The Labute approximate surface area is 103 Å². The van der Waals surface area contributed by atoms with Crippen LogP contribution in [0.1, 0.15) is 25.3 Å². The second-order valence-electron chi connectivity index (χ2n) is 4.57. The predicted octanol–water partition coefficient (Wildman–Crippen LogP) is 2.35. The topological polar surface area (TPSA) is 30.5 Å². The molecule has 3 heteroatoms. The van der Waals surface area contributed by atoms with Gasteiger partial charge in [-0.15, -0.1) is 0 Å². The Bertz CT molecular complexity index is 348. The van der Waals surface area contributed by atoms with Crippen molar-refractivity contribution in [1.82, 2.24) is 5.32 Å². The molecule has 1 saturated heterocycles. The summed E-state index contributed by atoms with van der Waals surface area (Å²) < 4.78 is 10.9. The molecule has 3 nitrogen and oxygen atoms in total. The van der Waals surface area contributed by atoms with Gasteiger partial charge < -0.3 is 14.8 Å². The molecule has 0 aromatic heterocycles. The molecule has 2 rings (SSSR count). The molecule has 0 saturated carbocycles. The SMILES string of the molecule is COc1cccc(CNC(C)C2CCCO2)c1. The van der Waals surface area contributed by atoms with E-state index in [1.165, 1.54) is 18.4 Å². The fourth-order valence-electron chi connectivity index (χ4n) is 2.19. The second-order valence-corrected chi connectivity index (χ2v) is 4.57. The van der Waals surface area contributed by atoms with Gasteiger partial charge in [0.2, 0.25) is 0 Å². The van der Waals surface area contributed by atoms with E-state index in [-0.39, 0.29) is 0 Å². The highest BCUT2D eigenvalue weighted by atomic mass is 16.5. The van der Waals surface area contributed by atoms with Crippen LogP contribution in [-0.4, -0.2) is 25.9 Å². The Balaban J connectivity index is 1.83. The number of ether oxygens (including phenoxy) is 2. The summed E-state index contributed by atoms with van der Waals surface area (Å²) in [4.78, 5) is 0. The number of nitrogens with one attached hydrogen (secondary N) is 1. The first-order valence-electron chi connectivity index (χ1n) is 6.27. The molecule has 1 heterocycles. The number of hydrogen-bond donors (Lipinski definition) is 1. The molecule has 94 valence electrons. The molecule has 1 aliphatic heterocycles. The monoisotopic (exact) mass is 235 g/mol. The minimum atomic E-state index is 0.376. The summed E-state index contributed by atoms with van der Waals surface area (Å²) in [5.41, 5.74) is 1.24. The lowest BCUT2D eigenvalue weighted by Gasteiger charge is -2.20. The van der Waals surface area contributed by atoms with E-state index in [0.29, 0.717) is 12.1 Å². The Kier molecular flexibility index (Phi) is 4.40. The smallest absolute Gasteiger partial charge is 0.119 e. The highest BCUT2D eigenvalue weighted by Crippen LogP contribution is 2.16. The van der Waals surface area contributed by atoms with Crippen LogP contribution in [-0.2, 0) is 11.3 Å². The summed E-state index contributed by atoms with van der Waals surface area (Å²) in [7, 11) is 1.70. The van der Waals surface area contributed by atoms with Crippen LogP contribution in [0.2, 0.25) is 0 Å². The van der Waals surface area contributed by atoms with E-state index in [9.17, 15) is 0 Å². The van der Waals surface area contributed by atoms with E-state index in [2.05, 4.69) is 24.4 Å². The molecule has 0 spiro atoms. The quantitative estimate of drug-likeness (QED) is 0.850. The van der Waals surface area contributed by atoms with E-state index in [1.54, 1.807) is 7.11 Å². The first-order valence-corrected chi connectivity index (χ1v) is 6.27. The van der Waals surface area contributed by atoms with E-state index in [4.69, 9.17) is 9.47 Å². The van der Waals surface area contributed by atoms with Gasteiger partial charge in [0, 0.05) is 19.2 Å². The zero-order valence-electron chi connectivity index (χ0n) is 10.6. The number of hydrogen-bond acceptors (Lipinski definition) is 3. The fourth-order valence-corrected chi connectivity index (χ4v) is 2.19. The van der Waals surface area contributed by atoms with Crippen LogP contribution in [0.15, 0.2) is 24.3 Å². The van der Waals surface area contributed by atoms with Crippen LogP contribution in [0.25, 0.3) is 0 Å². The number of benzene rings is 1. The first-order chi connectivity index (χ1) is 8.29. The van der Waals surface area contributed by atoms with Crippen molar-refractivity contribution >= 4 is 0 Å². The van der Waals surface area contributed by atoms with Crippen molar-refractivity contribution in [2.75, 3.05) is 13.7 Å². The Morgan fingerprint density at radius 1 is 1.53 bits per heavy atom. The maximum Gasteiger partial charge on any atom is 0.119 e. The molecule has 1 aliphatic rings. The van der Waals surface area contributed by atoms with Crippen molar-refractivity contribution in [3.05, 3.63) is 29.8 Å². The van der Waals surface area contributed by atoms with Crippen LogP contribution in [0.5, 0.6) is 5.75 Å². The molecule has 1 fully saturated rings. The van der Waals surface area contributed by atoms with Crippen LogP contribution in [0.4, 0.5) is 0 Å². The predicted molar refractivity (Wildman–Crippen MR) is 68.3 cm³/mol. The summed E-state index contributed by atoms with van der Waals surface area (Å²) in [5, 5.41) is 3.51. The average Bonchev–Trinajstić information content (AvgIpc) is 2.90. The van der Waals surface area contributed by atoms with Crippen molar-refractivity contribution in [2.24, 2.45) is 0 Å². The zero-order chi connectivity index (χ0) is 12.1. The van der Waals surface area contributed by atoms with Gasteiger partial charge in [0.15, 0.2) is 0 Å². The average molecular weight is 235 g/mol. The molecule has 0 amide bonds. The molecule has 2 unspecified atom stereocenters. The molecular formula is C14H21NO2. The van der Waals surface area contributed by atoms with Crippen molar-refractivity contribution in [2.45, 2.75) is 38.5 Å². The largest absolute Gasteiger partial charge is 0.497 e. The Hall–Kier alpha value is -1.06. The zero-order valence-corrected chi connectivity index (χ0v) is 10.6. The summed E-state index contributed by atoms with van der Waals surface area (Å²) in [6.45, 7) is 3.96. The maximum absolute atomic E-state index is 5.66.